The summed E-state index contributed by atoms with van der Waals surface area (Å²) >= 11 is 0. The summed E-state index contributed by atoms with van der Waals surface area (Å²) in [6.45, 7) is 3.68. The predicted octanol–water partition coefficient (Wildman–Crippen LogP) is 1.02. The third-order valence-corrected chi connectivity index (χ3v) is 3.50. The maximum atomic E-state index is 13.4. The van der Waals surface area contributed by atoms with Crippen molar-refractivity contribution in [1.29, 1.82) is 0 Å². The maximum absolute atomic E-state index is 13.4. The number of hydrogen-bond donors (Lipinski definition) is 2. The van der Waals surface area contributed by atoms with Gasteiger partial charge in [0, 0.05) is 18.7 Å². The average molecular weight is 269 g/mol. The minimum atomic E-state index is -0.661. The Balaban J connectivity index is 1.80. The highest BCUT2D eigenvalue weighted by Crippen LogP contribution is 2.12. The van der Waals surface area contributed by atoms with Gasteiger partial charge in [0.1, 0.15) is 11.6 Å². The molecule has 0 radical (unpaired) electrons. The summed E-state index contributed by atoms with van der Waals surface area (Å²) in [6.07, 6.45) is 2.82. The second-order valence-corrected chi connectivity index (χ2v) is 4.91. The van der Waals surface area contributed by atoms with Crippen LogP contribution >= 0.6 is 0 Å². The fourth-order valence-corrected chi connectivity index (χ4v) is 2.29. The number of aromatic nitrogens is 1. The SMILES string of the molecule is CB(O)N1CCC(NCc2ncc(F)cc2F)CC1. The van der Waals surface area contributed by atoms with E-state index in [0.717, 1.165) is 38.2 Å². The van der Waals surface area contributed by atoms with Crippen LogP contribution in [0.15, 0.2) is 12.3 Å². The van der Waals surface area contributed by atoms with E-state index in [4.69, 9.17) is 0 Å². The van der Waals surface area contributed by atoms with E-state index in [9.17, 15) is 13.8 Å². The van der Waals surface area contributed by atoms with Gasteiger partial charge in [-0.2, -0.15) is 0 Å². The van der Waals surface area contributed by atoms with Gasteiger partial charge < -0.3 is 15.2 Å². The van der Waals surface area contributed by atoms with Crippen LogP contribution in [-0.4, -0.2) is 41.0 Å². The highest BCUT2D eigenvalue weighted by molar-refractivity contribution is 6.45. The Hall–Kier alpha value is -1.05. The monoisotopic (exact) mass is 269 g/mol. The molecule has 1 aliphatic rings. The highest BCUT2D eigenvalue weighted by Gasteiger charge is 2.23. The number of nitrogens with one attached hydrogen (secondary N) is 1. The molecule has 0 amide bonds. The molecule has 0 spiro atoms. The molecule has 2 heterocycles. The molecule has 4 nitrogen and oxygen atoms in total. The first-order chi connectivity index (χ1) is 9.06. The molecular formula is C12H18BF2N3O. The van der Waals surface area contributed by atoms with Crippen molar-refractivity contribution in [2.75, 3.05) is 13.1 Å². The van der Waals surface area contributed by atoms with Gasteiger partial charge in [-0.15, -0.1) is 0 Å². The van der Waals surface area contributed by atoms with Gasteiger partial charge in [0.05, 0.1) is 11.9 Å². The molecule has 7 heteroatoms. The highest BCUT2D eigenvalue weighted by atomic mass is 19.1. The van der Waals surface area contributed by atoms with Crippen LogP contribution in [0.5, 0.6) is 0 Å². The molecule has 0 unspecified atom stereocenters. The third-order valence-electron chi connectivity index (χ3n) is 3.50. The lowest BCUT2D eigenvalue weighted by Crippen LogP contribution is -2.47. The van der Waals surface area contributed by atoms with Crippen molar-refractivity contribution in [2.24, 2.45) is 0 Å². The van der Waals surface area contributed by atoms with Crippen molar-refractivity contribution in [1.82, 2.24) is 15.1 Å². The number of halogens is 2. The molecule has 1 aromatic rings. The minimum absolute atomic E-state index is 0.236. The molecule has 2 rings (SSSR count). The summed E-state index contributed by atoms with van der Waals surface area (Å²) in [6, 6.07) is 1.13. The first-order valence-electron chi connectivity index (χ1n) is 6.51. The Bertz CT molecular complexity index is 425. The summed E-state index contributed by atoms with van der Waals surface area (Å²) in [5, 5.41) is 12.7. The van der Waals surface area contributed by atoms with Gasteiger partial charge in [-0.1, -0.05) is 0 Å². The van der Waals surface area contributed by atoms with Gasteiger partial charge in [0.2, 0.25) is 0 Å². The number of pyridine rings is 1. The zero-order valence-electron chi connectivity index (χ0n) is 10.9. The number of piperidine rings is 1. The Morgan fingerprint density at radius 2 is 2.16 bits per heavy atom. The van der Waals surface area contributed by atoms with E-state index in [1.165, 1.54) is 0 Å². The second kappa shape index (κ2) is 6.41. The number of rotatable bonds is 4. The Morgan fingerprint density at radius 3 is 2.74 bits per heavy atom. The molecule has 0 bridgehead atoms. The van der Waals surface area contributed by atoms with E-state index in [0.29, 0.717) is 6.54 Å². The van der Waals surface area contributed by atoms with Gasteiger partial charge >= 0.3 is 7.05 Å². The molecule has 2 N–H and O–H groups in total. The number of hydrogen-bond acceptors (Lipinski definition) is 4. The molecule has 1 saturated heterocycles. The Morgan fingerprint density at radius 1 is 1.47 bits per heavy atom. The summed E-state index contributed by atoms with van der Waals surface area (Å²) in [7, 11) is -0.419. The fourth-order valence-electron chi connectivity index (χ4n) is 2.29. The van der Waals surface area contributed by atoms with Gasteiger partial charge in [-0.05, 0) is 32.8 Å². The molecule has 0 saturated carbocycles. The predicted molar refractivity (Wildman–Crippen MR) is 69.4 cm³/mol. The normalized spacial score (nSPS) is 17.7. The first-order valence-corrected chi connectivity index (χ1v) is 6.51. The summed E-state index contributed by atoms with van der Waals surface area (Å²) in [5.74, 6) is -1.28. The topological polar surface area (TPSA) is 48.4 Å². The van der Waals surface area contributed by atoms with Crippen LogP contribution in [0.4, 0.5) is 8.78 Å². The minimum Gasteiger partial charge on any atom is -0.437 e. The molecule has 1 fully saturated rings. The average Bonchev–Trinajstić information content (AvgIpc) is 2.38. The third kappa shape index (κ3) is 3.96. The lowest BCUT2D eigenvalue weighted by Gasteiger charge is -2.33. The van der Waals surface area contributed by atoms with Crippen LogP contribution in [0.3, 0.4) is 0 Å². The standard InChI is InChI=1S/C12H18BF2N3O/c1-13(19)18-4-2-10(3-5-18)16-8-12-11(15)6-9(14)7-17-12/h6-7,10,16,19H,2-5,8H2,1H3. The van der Waals surface area contributed by atoms with E-state index < -0.39 is 18.7 Å². The van der Waals surface area contributed by atoms with Crippen molar-refractivity contribution < 1.29 is 13.8 Å². The van der Waals surface area contributed by atoms with Crippen LogP contribution < -0.4 is 5.32 Å². The molecule has 1 aromatic heterocycles. The fraction of sp³-hybridized carbons (Fsp3) is 0.583. The zero-order chi connectivity index (χ0) is 13.8. The van der Waals surface area contributed by atoms with Crippen LogP contribution in [0.2, 0.25) is 6.82 Å². The molecule has 104 valence electrons. The van der Waals surface area contributed by atoms with Crippen LogP contribution in [-0.2, 0) is 6.54 Å². The lowest BCUT2D eigenvalue weighted by molar-refractivity contribution is 0.264. The summed E-state index contributed by atoms with van der Waals surface area (Å²) < 4.78 is 26.1. The van der Waals surface area contributed by atoms with Crippen LogP contribution in [0, 0.1) is 11.6 Å². The van der Waals surface area contributed by atoms with Gasteiger partial charge in [0.25, 0.3) is 0 Å². The van der Waals surface area contributed by atoms with Crippen molar-refractivity contribution in [2.45, 2.75) is 32.3 Å². The van der Waals surface area contributed by atoms with Crippen LogP contribution in [0.1, 0.15) is 18.5 Å². The molecular weight excluding hydrogens is 251 g/mol. The largest absolute Gasteiger partial charge is 0.437 e. The molecule has 19 heavy (non-hydrogen) atoms. The van der Waals surface area contributed by atoms with Gasteiger partial charge in [-0.3, -0.25) is 4.98 Å². The molecule has 0 aliphatic carbocycles. The summed E-state index contributed by atoms with van der Waals surface area (Å²) in [4.78, 5) is 5.74. The Labute approximate surface area is 112 Å². The van der Waals surface area contributed by atoms with E-state index in [1.54, 1.807) is 6.82 Å². The number of nitrogens with zero attached hydrogens (tertiary/aromatic N) is 2. The zero-order valence-corrected chi connectivity index (χ0v) is 10.9. The quantitative estimate of drug-likeness (QED) is 0.801. The van der Waals surface area contributed by atoms with Crippen molar-refractivity contribution in [3.63, 3.8) is 0 Å². The van der Waals surface area contributed by atoms with E-state index in [-0.39, 0.29) is 11.7 Å². The van der Waals surface area contributed by atoms with Crippen molar-refractivity contribution >= 4 is 7.05 Å². The first kappa shape index (κ1) is 14.4. The molecule has 0 aromatic carbocycles. The smallest absolute Gasteiger partial charge is 0.376 e. The maximum Gasteiger partial charge on any atom is 0.376 e. The van der Waals surface area contributed by atoms with E-state index in [2.05, 4.69) is 10.3 Å². The second-order valence-electron chi connectivity index (χ2n) is 4.91. The molecule has 1 aliphatic heterocycles. The van der Waals surface area contributed by atoms with E-state index >= 15 is 0 Å². The molecule has 0 atom stereocenters. The van der Waals surface area contributed by atoms with Crippen LogP contribution in [0.25, 0.3) is 0 Å². The van der Waals surface area contributed by atoms with Gasteiger partial charge in [0.15, 0.2) is 0 Å². The van der Waals surface area contributed by atoms with Crippen molar-refractivity contribution in [3.8, 4) is 0 Å². The van der Waals surface area contributed by atoms with Gasteiger partial charge in [-0.25, -0.2) is 8.78 Å². The Kier molecular flexibility index (Phi) is 4.84. The van der Waals surface area contributed by atoms with Crippen molar-refractivity contribution in [3.05, 3.63) is 29.6 Å². The lowest BCUT2D eigenvalue weighted by atomic mass is 9.82. The summed E-state index contributed by atoms with van der Waals surface area (Å²) in [5.41, 5.74) is 0.236. The van der Waals surface area contributed by atoms with E-state index in [1.807, 2.05) is 4.81 Å².